The van der Waals surface area contributed by atoms with Crippen molar-refractivity contribution in [3.8, 4) is 5.75 Å². The summed E-state index contributed by atoms with van der Waals surface area (Å²) in [6.07, 6.45) is 5.57. The summed E-state index contributed by atoms with van der Waals surface area (Å²) in [5, 5.41) is 3.42. The first-order valence-electron chi connectivity index (χ1n) is 10.3. The Morgan fingerprint density at radius 3 is 2.23 bits per heavy atom. The zero-order chi connectivity index (χ0) is 21.1. The van der Waals surface area contributed by atoms with Crippen molar-refractivity contribution in [1.29, 1.82) is 0 Å². The third-order valence-electron chi connectivity index (χ3n) is 5.57. The summed E-state index contributed by atoms with van der Waals surface area (Å²) >= 11 is 1.35. The predicted octanol–water partition coefficient (Wildman–Crippen LogP) is 4.80. The van der Waals surface area contributed by atoms with Gasteiger partial charge in [0, 0.05) is 10.9 Å². The van der Waals surface area contributed by atoms with Crippen molar-refractivity contribution in [2.45, 2.75) is 50.0 Å². The number of amides is 2. The Balaban J connectivity index is 1.66. The SMILES string of the molecule is COc1ccc(N2C(=O)C(NC3CCCCC3)=C(Sc3ccc(C)cc3)C2=O)cc1. The molecule has 1 aliphatic carbocycles. The summed E-state index contributed by atoms with van der Waals surface area (Å²) in [4.78, 5) is 29.4. The highest BCUT2D eigenvalue weighted by Gasteiger charge is 2.40. The number of ether oxygens (including phenoxy) is 1. The predicted molar refractivity (Wildman–Crippen MR) is 120 cm³/mol. The van der Waals surface area contributed by atoms with Crippen molar-refractivity contribution >= 4 is 29.3 Å². The van der Waals surface area contributed by atoms with E-state index in [-0.39, 0.29) is 17.9 Å². The van der Waals surface area contributed by atoms with Crippen molar-refractivity contribution in [2.24, 2.45) is 0 Å². The van der Waals surface area contributed by atoms with Gasteiger partial charge in [0.15, 0.2) is 0 Å². The van der Waals surface area contributed by atoms with Crippen LogP contribution in [0.1, 0.15) is 37.7 Å². The fourth-order valence-electron chi connectivity index (χ4n) is 3.87. The highest BCUT2D eigenvalue weighted by Crippen LogP contribution is 2.37. The lowest BCUT2D eigenvalue weighted by molar-refractivity contribution is -0.120. The molecule has 0 aromatic heterocycles. The van der Waals surface area contributed by atoms with Gasteiger partial charge in [-0.3, -0.25) is 9.59 Å². The molecule has 2 aromatic rings. The van der Waals surface area contributed by atoms with E-state index in [9.17, 15) is 9.59 Å². The van der Waals surface area contributed by atoms with Crippen molar-refractivity contribution < 1.29 is 14.3 Å². The van der Waals surface area contributed by atoms with Gasteiger partial charge < -0.3 is 10.1 Å². The second-order valence-corrected chi connectivity index (χ2v) is 8.83. The molecule has 4 rings (SSSR count). The number of carbonyl (C=O) groups excluding carboxylic acids is 2. The second kappa shape index (κ2) is 8.96. The Hall–Kier alpha value is -2.73. The molecule has 0 saturated heterocycles. The maximum atomic E-state index is 13.3. The summed E-state index contributed by atoms with van der Waals surface area (Å²) in [5.74, 6) is 0.111. The highest BCUT2D eigenvalue weighted by molar-refractivity contribution is 8.04. The van der Waals surface area contributed by atoms with Gasteiger partial charge in [-0.1, -0.05) is 48.7 Å². The molecule has 0 atom stereocenters. The van der Waals surface area contributed by atoms with Crippen molar-refractivity contribution in [3.63, 3.8) is 0 Å². The summed E-state index contributed by atoms with van der Waals surface area (Å²) in [6, 6.07) is 15.2. The molecule has 0 unspecified atom stereocenters. The Labute approximate surface area is 181 Å². The number of benzene rings is 2. The number of thioether (sulfide) groups is 1. The first-order chi connectivity index (χ1) is 14.6. The Morgan fingerprint density at radius 2 is 1.60 bits per heavy atom. The molecule has 1 N–H and O–H groups in total. The van der Waals surface area contributed by atoms with Crippen LogP contribution in [0.2, 0.25) is 0 Å². The molecule has 6 heteroatoms. The van der Waals surface area contributed by atoms with Gasteiger partial charge >= 0.3 is 0 Å². The minimum atomic E-state index is -0.287. The maximum absolute atomic E-state index is 13.3. The zero-order valence-corrected chi connectivity index (χ0v) is 18.1. The first-order valence-corrected chi connectivity index (χ1v) is 11.2. The minimum absolute atomic E-state index is 0.231. The molecule has 156 valence electrons. The van der Waals surface area contributed by atoms with Gasteiger partial charge in [-0.05, 0) is 56.2 Å². The standard InChI is InChI=1S/C24H26N2O3S/c1-16-8-14-20(15-9-16)30-22-21(25-17-6-4-3-5-7-17)23(27)26(24(22)28)18-10-12-19(29-2)13-11-18/h8-15,17,25H,3-7H2,1-2H3. The Kier molecular flexibility index (Phi) is 6.13. The molecule has 0 spiro atoms. The molecule has 1 fully saturated rings. The van der Waals surface area contributed by atoms with Gasteiger partial charge in [-0.25, -0.2) is 4.90 Å². The molecule has 2 amide bonds. The Bertz CT molecular complexity index is 961. The maximum Gasteiger partial charge on any atom is 0.282 e. The van der Waals surface area contributed by atoms with E-state index in [0.29, 0.717) is 22.0 Å². The number of imide groups is 1. The molecule has 2 aromatic carbocycles. The number of hydrogen-bond acceptors (Lipinski definition) is 5. The number of methoxy groups -OCH3 is 1. The minimum Gasteiger partial charge on any atom is -0.497 e. The number of hydrogen-bond donors (Lipinski definition) is 1. The lowest BCUT2D eigenvalue weighted by atomic mass is 9.95. The van der Waals surface area contributed by atoms with Crippen LogP contribution < -0.4 is 15.0 Å². The first kappa shape index (κ1) is 20.5. The molecular formula is C24H26N2O3S. The van der Waals surface area contributed by atoms with Crippen LogP contribution in [0.3, 0.4) is 0 Å². The topological polar surface area (TPSA) is 58.6 Å². The third-order valence-corrected chi connectivity index (χ3v) is 6.66. The molecule has 1 heterocycles. The van der Waals surface area contributed by atoms with Gasteiger partial charge in [0.25, 0.3) is 11.8 Å². The number of anilines is 1. The summed E-state index contributed by atoms with van der Waals surface area (Å²) in [6.45, 7) is 2.03. The monoisotopic (exact) mass is 422 g/mol. The molecule has 2 aliphatic rings. The van der Waals surface area contributed by atoms with E-state index < -0.39 is 0 Å². The normalized spacial score (nSPS) is 17.6. The van der Waals surface area contributed by atoms with E-state index in [1.807, 2.05) is 31.2 Å². The third kappa shape index (κ3) is 4.24. The quantitative estimate of drug-likeness (QED) is 0.678. The van der Waals surface area contributed by atoms with Crippen molar-refractivity contribution in [3.05, 3.63) is 64.7 Å². The summed E-state index contributed by atoms with van der Waals surface area (Å²) < 4.78 is 5.20. The smallest absolute Gasteiger partial charge is 0.282 e. The van der Waals surface area contributed by atoms with Gasteiger partial charge in [0.05, 0.1) is 12.8 Å². The van der Waals surface area contributed by atoms with Crippen LogP contribution in [0.4, 0.5) is 5.69 Å². The van der Waals surface area contributed by atoms with Crippen LogP contribution in [0.15, 0.2) is 64.0 Å². The van der Waals surface area contributed by atoms with Crippen LogP contribution in [0.5, 0.6) is 5.75 Å². The summed E-state index contributed by atoms with van der Waals surface area (Å²) in [7, 11) is 1.59. The molecule has 0 bridgehead atoms. The van der Waals surface area contributed by atoms with Gasteiger partial charge in [0.2, 0.25) is 0 Å². The fraction of sp³-hybridized carbons (Fsp3) is 0.333. The molecule has 0 radical (unpaired) electrons. The number of nitrogens with zero attached hydrogens (tertiary/aromatic N) is 1. The van der Waals surface area contributed by atoms with Gasteiger partial charge in [-0.15, -0.1) is 0 Å². The molecule has 1 saturated carbocycles. The van der Waals surface area contributed by atoms with E-state index in [1.54, 1.807) is 31.4 Å². The number of aryl methyl sites for hydroxylation is 1. The fourth-order valence-corrected chi connectivity index (χ4v) is 4.81. The van der Waals surface area contributed by atoms with Gasteiger partial charge in [-0.2, -0.15) is 0 Å². The van der Waals surface area contributed by atoms with Crippen LogP contribution in [-0.2, 0) is 9.59 Å². The van der Waals surface area contributed by atoms with Crippen LogP contribution in [-0.4, -0.2) is 25.0 Å². The zero-order valence-electron chi connectivity index (χ0n) is 17.3. The highest BCUT2D eigenvalue weighted by atomic mass is 32.2. The van der Waals surface area contributed by atoms with Crippen LogP contribution in [0, 0.1) is 6.92 Å². The molecule has 30 heavy (non-hydrogen) atoms. The average molecular weight is 423 g/mol. The molecule has 1 aliphatic heterocycles. The lowest BCUT2D eigenvalue weighted by Gasteiger charge is -2.24. The average Bonchev–Trinajstić information content (AvgIpc) is 3.00. The second-order valence-electron chi connectivity index (χ2n) is 7.74. The lowest BCUT2D eigenvalue weighted by Crippen LogP contribution is -2.37. The molecular weight excluding hydrogens is 396 g/mol. The van der Waals surface area contributed by atoms with E-state index in [2.05, 4.69) is 5.32 Å². The van der Waals surface area contributed by atoms with Crippen LogP contribution >= 0.6 is 11.8 Å². The van der Waals surface area contributed by atoms with E-state index >= 15 is 0 Å². The number of nitrogens with one attached hydrogen (secondary N) is 1. The molecule has 5 nitrogen and oxygen atoms in total. The van der Waals surface area contributed by atoms with Crippen LogP contribution in [0.25, 0.3) is 0 Å². The van der Waals surface area contributed by atoms with E-state index in [1.165, 1.54) is 23.1 Å². The largest absolute Gasteiger partial charge is 0.497 e. The Morgan fingerprint density at radius 1 is 0.933 bits per heavy atom. The summed E-state index contributed by atoms with van der Waals surface area (Å²) in [5.41, 5.74) is 2.13. The van der Waals surface area contributed by atoms with Crippen molar-refractivity contribution in [1.82, 2.24) is 5.32 Å². The number of carbonyl (C=O) groups is 2. The van der Waals surface area contributed by atoms with Crippen molar-refractivity contribution in [2.75, 3.05) is 12.0 Å². The van der Waals surface area contributed by atoms with E-state index in [4.69, 9.17) is 4.74 Å². The number of rotatable bonds is 6. The van der Waals surface area contributed by atoms with E-state index in [0.717, 1.165) is 36.1 Å². The van der Waals surface area contributed by atoms with Gasteiger partial charge in [0.1, 0.15) is 16.4 Å².